The van der Waals surface area contributed by atoms with Gasteiger partial charge in [0.1, 0.15) is 18.1 Å². The molecule has 41 heavy (non-hydrogen) atoms. The molecule has 13 nitrogen and oxygen atoms in total. The molecular formula is C27H40N8O5S. The van der Waals surface area contributed by atoms with Crippen LogP contribution in [0.5, 0.6) is 0 Å². The number of aliphatic imine (C=N–C) groups is 1. The zero-order valence-electron chi connectivity index (χ0n) is 23.2. The second-order valence-corrected chi connectivity index (χ2v) is 11.0. The second-order valence-electron chi connectivity index (χ2n) is 10.1. The molecule has 0 spiro atoms. The molecule has 2 aromatic rings. The molecule has 1 aromatic heterocycles. The summed E-state index contributed by atoms with van der Waals surface area (Å²) < 4.78 is 0. The van der Waals surface area contributed by atoms with Gasteiger partial charge in [0, 0.05) is 36.6 Å². The van der Waals surface area contributed by atoms with Gasteiger partial charge in [0.25, 0.3) is 0 Å². The number of carbonyl (C=O) groups excluding carboxylic acids is 3. The molecule has 1 aliphatic rings. The van der Waals surface area contributed by atoms with Gasteiger partial charge in [-0.05, 0) is 55.7 Å². The molecule has 4 atom stereocenters. The zero-order valence-corrected chi connectivity index (χ0v) is 24.0. The van der Waals surface area contributed by atoms with Crippen LogP contribution in [0.4, 0.5) is 0 Å². The third-order valence-electron chi connectivity index (χ3n) is 7.08. The lowest BCUT2D eigenvalue weighted by molar-refractivity contribution is -0.145. The molecule has 1 aliphatic heterocycles. The molecule has 0 aliphatic carbocycles. The van der Waals surface area contributed by atoms with Crippen molar-refractivity contribution >= 4 is 52.3 Å². The van der Waals surface area contributed by atoms with Crippen LogP contribution in [0.3, 0.4) is 0 Å². The van der Waals surface area contributed by atoms with Crippen LogP contribution in [0.25, 0.3) is 10.9 Å². The summed E-state index contributed by atoms with van der Waals surface area (Å²) in [7, 11) is 0. The van der Waals surface area contributed by atoms with Gasteiger partial charge in [0.2, 0.25) is 17.7 Å². The summed E-state index contributed by atoms with van der Waals surface area (Å²) in [4.78, 5) is 60.3. The smallest absolute Gasteiger partial charge is 0.326 e. The van der Waals surface area contributed by atoms with Crippen molar-refractivity contribution in [3.8, 4) is 0 Å². The summed E-state index contributed by atoms with van der Waals surface area (Å²) in [6, 6.07) is 3.72. The van der Waals surface area contributed by atoms with Crippen LogP contribution in [0.1, 0.15) is 37.7 Å². The average molecular weight is 589 g/mol. The van der Waals surface area contributed by atoms with Crippen molar-refractivity contribution in [1.29, 1.82) is 0 Å². The summed E-state index contributed by atoms with van der Waals surface area (Å²) >= 11 is 1.56. The first-order valence-corrected chi connectivity index (χ1v) is 15.0. The standard InChI is InChI=1S/C27H40N8O5S/c1-41-13-10-18(28)23(36)33-20(8-4-11-31-27(29)30)25(38)35-12-5-9-22(35)24(37)34-21(26(39)40)14-16-15-32-19-7-3-2-6-17(16)19/h2-3,6-7,15,18,20-22,32H,4-5,8-14,28H2,1H3,(H,33,36)(H,34,37)(H,39,40)(H4,29,30,31). The van der Waals surface area contributed by atoms with E-state index in [1.807, 2.05) is 30.5 Å². The van der Waals surface area contributed by atoms with E-state index in [0.29, 0.717) is 38.0 Å². The lowest BCUT2D eigenvalue weighted by Gasteiger charge is -2.30. The largest absolute Gasteiger partial charge is 0.480 e. The molecule has 4 unspecified atom stereocenters. The lowest BCUT2D eigenvalue weighted by atomic mass is 10.0. The van der Waals surface area contributed by atoms with E-state index in [-0.39, 0.29) is 25.3 Å². The Morgan fingerprint density at radius 2 is 1.93 bits per heavy atom. The highest BCUT2D eigenvalue weighted by Crippen LogP contribution is 2.22. The fraction of sp³-hybridized carbons (Fsp3) is 0.519. The molecule has 2 heterocycles. The first-order chi connectivity index (χ1) is 19.6. The highest BCUT2D eigenvalue weighted by Gasteiger charge is 2.39. The van der Waals surface area contributed by atoms with E-state index >= 15 is 0 Å². The minimum atomic E-state index is -1.19. The Labute approximate surface area is 243 Å². The number of para-hydroxylation sites is 1. The number of fused-ring (bicyclic) bond motifs is 1. The number of hydrogen-bond donors (Lipinski definition) is 7. The summed E-state index contributed by atoms with van der Waals surface area (Å²) in [6.45, 7) is 0.564. The van der Waals surface area contributed by atoms with E-state index in [2.05, 4.69) is 20.6 Å². The number of amides is 3. The van der Waals surface area contributed by atoms with E-state index in [9.17, 15) is 24.3 Å². The number of nitrogens with one attached hydrogen (secondary N) is 3. The van der Waals surface area contributed by atoms with Crippen molar-refractivity contribution < 1.29 is 24.3 Å². The molecular weight excluding hydrogens is 548 g/mol. The fourth-order valence-corrected chi connectivity index (χ4v) is 5.40. The van der Waals surface area contributed by atoms with Crippen molar-refractivity contribution in [2.24, 2.45) is 22.2 Å². The number of H-pyrrole nitrogens is 1. The molecule has 0 bridgehead atoms. The number of guanidine groups is 1. The van der Waals surface area contributed by atoms with Crippen LogP contribution in [-0.2, 0) is 25.6 Å². The number of nitrogens with zero attached hydrogens (tertiary/aromatic N) is 2. The molecule has 224 valence electrons. The van der Waals surface area contributed by atoms with Crippen molar-refractivity contribution in [1.82, 2.24) is 20.5 Å². The quantitative estimate of drug-likeness (QED) is 0.0836. The average Bonchev–Trinajstić information content (AvgIpc) is 3.60. The maximum Gasteiger partial charge on any atom is 0.326 e. The van der Waals surface area contributed by atoms with Crippen LogP contribution in [0, 0.1) is 0 Å². The number of carbonyl (C=O) groups is 4. The van der Waals surface area contributed by atoms with Gasteiger partial charge in [-0.25, -0.2) is 4.79 Å². The molecule has 0 saturated carbocycles. The van der Waals surface area contributed by atoms with E-state index in [0.717, 1.165) is 16.5 Å². The van der Waals surface area contributed by atoms with E-state index in [1.54, 1.807) is 18.0 Å². The van der Waals surface area contributed by atoms with Crippen molar-refractivity contribution in [3.05, 3.63) is 36.0 Å². The zero-order chi connectivity index (χ0) is 29.9. The van der Waals surface area contributed by atoms with Gasteiger partial charge in [-0.3, -0.25) is 19.4 Å². The molecule has 1 fully saturated rings. The van der Waals surface area contributed by atoms with Gasteiger partial charge in [-0.2, -0.15) is 11.8 Å². The van der Waals surface area contributed by atoms with Gasteiger partial charge < -0.3 is 42.8 Å². The van der Waals surface area contributed by atoms with E-state index in [1.165, 1.54) is 4.90 Å². The minimum absolute atomic E-state index is 0.0726. The number of carboxylic acid groups (broad SMARTS) is 1. The van der Waals surface area contributed by atoms with Crippen LogP contribution >= 0.6 is 11.8 Å². The number of aliphatic carboxylic acids is 1. The summed E-state index contributed by atoms with van der Waals surface area (Å²) in [6.07, 6.45) is 5.74. The number of carboxylic acids is 1. The van der Waals surface area contributed by atoms with E-state index < -0.39 is 47.9 Å². The van der Waals surface area contributed by atoms with Gasteiger partial charge in [-0.15, -0.1) is 0 Å². The predicted octanol–water partition coefficient (Wildman–Crippen LogP) is -0.110. The SMILES string of the molecule is CSCCC(N)C(=O)NC(CCCN=C(N)N)C(=O)N1CCCC1C(=O)NC(Cc1c[nH]c2ccccc12)C(=O)O. The predicted molar refractivity (Wildman–Crippen MR) is 159 cm³/mol. The van der Waals surface area contributed by atoms with Crippen molar-refractivity contribution in [2.75, 3.05) is 25.1 Å². The molecule has 1 saturated heterocycles. The number of aromatic amines is 1. The maximum atomic E-state index is 13.7. The van der Waals surface area contributed by atoms with Crippen LogP contribution in [0.15, 0.2) is 35.5 Å². The van der Waals surface area contributed by atoms with Crippen molar-refractivity contribution in [3.63, 3.8) is 0 Å². The van der Waals surface area contributed by atoms with Gasteiger partial charge >= 0.3 is 5.97 Å². The highest BCUT2D eigenvalue weighted by molar-refractivity contribution is 7.98. The van der Waals surface area contributed by atoms with Crippen LogP contribution < -0.4 is 27.8 Å². The minimum Gasteiger partial charge on any atom is -0.480 e. The first kappa shape index (κ1) is 31.7. The Morgan fingerprint density at radius 3 is 2.63 bits per heavy atom. The fourth-order valence-electron chi connectivity index (χ4n) is 4.91. The topological polar surface area (TPSA) is 222 Å². The molecule has 3 amide bonds. The second kappa shape index (κ2) is 15.3. The van der Waals surface area contributed by atoms with Gasteiger partial charge in [0.15, 0.2) is 5.96 Å². The summed E-state index contributed by atoms with van der Waals surface area (Å²) in [5, 5.41) is 16.1. The Morgan fingerprint density at radius 1 is 1.17 bits per heavy atom. The molecule has 3 rings (SSSR count). The Kier molecular flexibility index (Phi) is 11.8. The molecule has 0 radical (unpaired) electrons. The van der Waals surface area contributed by atoms with E-state index in [4.69, 9.17) is 17.2 Å². The van der Waals surface area contributed by atoms with Crippen LogP contribution in [-0.4, -0.2) is 93.9 Å². The Hall–Kier alpha value is -3.78. The summed E-state index contributed by atoms with van der Waals surface area (Å²) in [5.74, 6) is -2.00. The normalized spacial score (nSPS) is 17.0. The number of nitrogens with two attached hydrogens (primary N) is 3. The van der Waals surface area contributed by atoms with Gasteiger partial charge in [0.05, 0.1) is 6.04 Å². The number of hydrogen-bond acceptors (Lipinski definition) is 7. The number of benzene rings is 1. The third-order valence-corrected chi connectivity index (χ3v) is 7.73. The Bertz CT molecular complexity index is 1250. The number of aromatic nitrogens is 1. The summed E-state index contributed by atoms with van der Waals surface area (Å²) in [5.41, 5.74) is 18.4. The van der Waals surface area contributed by atoms with Gasteiger partial charge in [-0.1, -0.05) is 18.2 Å². The molecule has 10 N–H and O–H groups in total. The first-order valence-electron chi connectivity index (χ1n) is 13.6. The number of likely N-dealkylation sites (tertiary alicyclic amines) is 1. The maximum absolute atomic E-state index is 13.7. The number of rotatable bonds is 15. The number of thioether (sulfide) groups is 1. The van der Waals surface area contributed by atoms with Crippen molar-refractivity contribution in [2.45, 2.75) is 62.7 Å². The highest BCUT2D eigenvalue weighted by atomic mass is 32.2. The lowest BCUT2D eigenvalue weighted by Crippen LogP contribution is -2.57. The monoisotopic (exact) mass is 588 g/mol. The molecule has 14 heteroatoms. The van der Waals surface area contributed by atoms with Crippen LogP contribution in [0.2, 0.25) is 0 Å². The molecule has 1 aromatic carbocycles. The Balaban J connectivity index is 1.71. The third kappa shape index (κ3) is 8.85.